The van der Waals surface area contributed by atoms with E-state index in [4.69, 9.17) is 9.47 Å². The van der Waals surface area contributed by atoms with Crippen LogP contribution in [-0.4, -0.2) is 63.4 Å². The average molecular weight is 253 g/mol. The van der Waals surface area contributed by atoms with Crippen LogP contribution in [0.25, 0.3) is 0 Å². The van der Waals surface area contributed by atoms with E-state index in [2.05, 4.69) is 5.32 Å². The van der Waals surface area contributed by atoms with Crippen molar-refractivity contribution in [2.75, 3.05) is 40.5 Å². The van der Waals surface area contributed by atoms with Crippen LogP contribution in [0.15, 0.2) is 0 Å². The summed E-state index contributed by atoms with van der Waals surface area (Å²) in [5, 5.41) is 3.14. The van der Waals surface area contributed by atoms with Gasteiger partial charge in [0.2, 0.25) is 0 Å². The second kappa shape index (κ2) is 7.84. The van der Waals surface area contributed by atoms with Gasteiger partial charge in [-0.3, -0.25) is 4.79 Å². The van der Waals surface area contributed by atoms with Gasteiger partial charge in [-0.2, -0.15) is 0 Å². The molecule has 0 spiro atoms. The van der Waals surface area contributed by atoms with Crippen LogP contribution >= 0.6 is 12.4 Å². The van der Waals surface area contributed by atoms with E-state index in [1.807, 2.05) is 6.92 Å². The first-order valence-electron chi connectivity index (χ1n) is 5.24. The van der Waals surface area contributed by atoms with Gasteiger partial charge in [-0.15, -0.1) is 12.4 Å². The third-order valence-electron chi connectivity index (χ3n) is 2.62. The topological polar surface area (TPSA) is 50.8 Å². The minimum Gasteiger partial charge on any atom is -0.383 e. The molecule has 1 saturated heterocycles. The second-order valence-corrected chi connectivity index (χ2v) is 3.82. The van der Waals surface area contributed by atoms with Crippen molar-refractivity contribution in [2.24, 2.45) is 0 Å². The van der Waals surface area contributed by atoms with Crippen molar-refractivity contribution in [3.05, 3.63) is 0 Å². The fourth-order valence-electron chi connectivity index (χ4n) is 1.52. The molecule has 2 unspecified atom stereocenters. The van der Waals surface area contributed by atoms with Gasteiger partial charge >= 0.3 is 0 Å². The van der Waals surface area contributed by atoms with Crippen LogP contribution in [0.3, 0.4) is 0 Å². The zero-order chi connectivity index (χ0) is 11.3. The summed E-state index contributed by atoms with van der Waals surface area (Å²) in [5.41, 5.74) is 0. The summed E-state index contributed by atoms with van der Waals surface area (Å²) in [6.45, 7) is 4.52. The fraction of sp³-hybridized carbons (Fsp3) is 0.900. The van der Waals surface area contributed by atoms with Crippen molar-refractivity contribution in [1.82, 2.24) is 10.2 Å². The van der Waals surface area contributed by atoms with E-state index < -0.39 is 0 Å². The van der Waals surface area contributed by atoms with Crippen molar-refractivity contribution < 1.29 is 14.3 Å². The Bertz CT molecular complexity index is 210. The van der Waals surface area contributed by atoms with Gasteiger partial charge in [0.1, 0.15) is 6.10 Å². The summed E-state index contributed by atoms with van der Waals surface area (Å²) >= 11 is 0. The Balaban J connectivity index is 0.00000225. The number of hydrogen-bond donors (Lipinski definition) is 1. The number of rotatable bonds is 4. The lowest BCUT2D eigenvalue weighted by molar-refractivity contribution is -0.146. The Morgan fingerprint density at radius 3 is 2.88 bits per heavy atom. The monoisotopic (exact) mass is 252 g/mol. The van der Waals surface area contributed by atoms with Crippen LogP contribution in [0.2, 0.25) is 0 Å². The number of nitrogens with zero attached hydrogens (tertiary/aromatic N) is 1. The molecule has 0 aromatic heterocycles. The molecule has 1 heterocycles. The Morgan fingerprint density at radius 2 is 2.38 bits per heavy atom. The molecule has 5 nitrogen and oxygen atoms in total. The van der Waals surface area contributed by atoms with E-state index in [9.17, 15) is 4.79 Å². The van der Waals surface area contributed by atoms with Crippen LogP contribution in [0.4, 0.5) is 0 Å². The SMILES string of the molecule is COCC(C)N(C)C(=O)C1CNCCO1.Cl. The second-order valence-electron chi connectivity index (χ2n) is 3.82. The van der Waals surface area contributed by atoms with Gasteiger partial charge in [-0.1, -0.05) is 0 Å². The van der Waals surface area contributed by atoms with Gasteiger partial charge in [-0.05, 0) is 6.92 Å². The Morgan fingerprint density at radius 1 is 1.69 bits per heavy atom. The van der Waals surface area contributed by atoms with E-state index >= 15 is 0 Å². The van der Waals surface area contributed by atoms with Gasteiger partial charge in [0.15, 0.2) is 0 Å². The van der Waals surface area contributed by atoms with Crippen LogP contribution in [0, 0.1) is 0 Å². The summed E-state index contributed by atoms with van der Waals surface area (Å²) in [7, 11) is 3.41. The highest BCUT2D eigenvalue weighted by atomic mass is 35.5. The Kier molecular flexibility index (Phi) is 7.66. The van der Waals surface area contributed by atoms with Crippen molar-refractivity contribution in [3.8, 4) is 0 Å². The van der Waals surface area contributed by atoms with Gasteiger partial charge in [0.05, 0.1) is 19.3 Å². The van der Waals surface area contributed by atoms with E-state index in [0.29, 0.717) is 19.8 Å². The largest absolute Gasteiger partial charge is 0.383 e. The smallest absolute Gasteiger partial charge is 0.253 e. The molecule has 1 N–H and O–H groups in total. The number of hydrogen-bond acceptors (Lipinski definition) is 4. The highest BCUT2D eigenvalue weighted by Gasteiger charge is 2.27. The van der Waals surface area contributed by atoms with Crippen molar-refractivity contribution in [3.63, 3.8) is 0 Å². The lowest BCUT2D eigenvalue weighted by atomic mass is 10.2. The predicted molar refractivity (Wildman–Crippen MR) is 64.0 cm³/mol. The molecule has 0 radical (unpaired) electrons. The minimum absolute atomic E-state index is 0. The average Bonchev–Trinajstić information content (AvgIpc) is 2.28. The summed E-state index contributed by atoms with van der Waals surface area (Å²) in [6, 6.07) is 0.0769. The summed E-state index contributed by atoms with van der Waals surface area (Å²) in [4.78, 5) is 13.6. The third-order valence-corrected chi connectivity index (χ3v) is 2.62. The maximum atomic E-state index is 11.9. The normalized spacial score (nSPS) is 22.1. The number of ether oxygens (including phenoxy) is 2. The predicted octanol–water partition coefficient (Wildman–Crippen LogP) is -0.110. The molecule has 1 fully saturated rings. The number of halogens is 1. The number of amides is 1. The van der Waals surface area contributed by atoms with E-state index in [0.717, 1.165) is 6.54 Å². The molecule has 96 valence electrons. The van der Waals surface area contributed by atoms with Crippen LogP contribution in [0.5, 0.6) is 0 Å². The molecule has 0 aromatic rings. The first kappa shape index (κ1) is 15.6. The van der Waals surface area contributed by atoms with Gasteiger partial charge in [0.25, 0.3) is 5.91 Å². The molecule has 1 amide bonds. The highest BCUT2D eigenvalue weighted by Crippen LogP contribution is 2.04. The van der Waals surface area contributed by atoms with E-state index in [1.165, 1.54) is 0 Å². The van der Waals surface area contributed by atoms with Crippen molar-refractivity contribution >= 4 is 18.3 Å². The molecular weight excluding hydrogens is 232 g/mol. The third kappa shape index (κ3) is 4.25. The Labute approximate surface area is 103 Å². The first-order chi connectivity index (χ1) is 7.16. The highest BCUT2D eigenvalue weighted by molar-refractivity contribution is 5.85. The summed E-state index contributed by atoms with van der Waals surface area (Å²) < 4.78 is 10.4. The van der Waals surface area contributed by atoms with Crippen LogP contribution in [-0.2, 0) is 14.3 Å². The minimum atomic E-state index is -0.344. The maximum Gasteiger partial charge on any atom is 0.253 e. The van der Waals surface area contributed by atoms with Crippen LogP contribution in [0.1, 0.15) is 6.92 Å². The van der Waals surface area contributed by atoms with E-state index in [-0.39, 0.29) is 30.5 Å². The molecule has 2 atom stereocenters. The zero-order valence-corrected chi connectivity index (χ0v) is 10.9. The molecule has 0 aliphatic carbocycles. The van der Waals surface area contributed by atoms with Gasteiger partial charge < -0.3 is 19.7 Å². The molecule has 6 heteroatoms. The number of carbonyl (C=O) groups excluding carboxylic acids is 1. The first-order valence-corrected chi connectivity index (χ1v) is 5.24. The van der Waals surface area contributed by atoms with Gasteiger partial charge in [-0.25, -0.2) is 0 Å². The standard InChI is InChI=1S/C10H20N2O3.ClH/c1-8(7-14-3)12(2)10(13)9-6-11-4-5-15-9;/h8-9,11H,4-7H2,1-3H3;1H. The molecule has 0 bridgehead atoms. The fourth-order valence-corrected chi connectivity index (χ4v) is 1.52. The van der Waals surface area contributed by atoms with Crippen molar-refractivity contribution in [2.45, 2.75) is 19.1 Å². The molecule has 1 aliphatic heterocycles. The number of carbonyl (C=O) groups is 1. The quantitative estimate of drug-likeness (QED) is 0.759. The summed E-state index contributed by atoms with van der Waals surface area (Å²) in [5.74, 6) is 0.0201. The molecule has 1 aliphatic rings. The number of methoxy groups -OCH3 is 1. The van der Waals surface area contributed by atoms with E-state index in [1.54, 1.807) is 19.1 Å². The number of likely N-dealkylation sites (N-methyl/N-ethyl adjacent to an activating group) is 1. The summed E-state index contributed by atoms with van der Waals surface area (Å²) in [6.07, 6.45) is -0.344. The number of morpholine rings is 1. The molecule has 1 rings (SSSR count). The van der Waals surface area contributed by atoms with Crippen molar-refractivity contribution in [1.29, 1.82) is 0 Å². The number of nitrogens with one attached hydrogen (secondary N) is 1. The lowest BCUT2D eigenvalue weighted by Crippen LogP contribution is -2.51. The van der Waals surface area contributed by atoms with Gasteiger partial charge in [0, 0.05) is 27.2 Å². The lowest BCUT2D eigenvalue weighted by Gasteiger charge is -2.30. The molecular formula is C10H21ClN2O3. The molecule has 0 aromatic carbocycles. The maximum absolute atomic E-state index is 11.9. The zero-order valence-electron chi connectivity index (χ0n) is 10.1. The Hall–Kier alpha value is -0.360. The molecule has 16 heavy (non-hydrogen) atoms. The van der Waals surface area contributed by atoms with Crippen LogP contribution < -0.4 is 5.32 Å². The molecule has 0 saturated carbocycles.